The van der Waals surface area contributed by atoms with Gasteiger partial charge in [-0.15, -0.1) is 0 Å². The van der Waals surface area contributed by atoms with Gasteiger partial charge >= 0.3 is 0 Å². The summed E-state index contributed by atoms with van der Waals surface area (Å²) in [6.07, 6.45) is 1.69. The van der Waals surface area contributed by atoms with Crippen LogP contribution in [0.2, 0.25) is 0 Å². The van der Waals surface area contributed by atoms with Crippen LogP contribution in [0.3, 0.4) is 0 Å². The number of nitrogen functional groups attached to an aromatic ring is 1. The van der Waals surface area contributed by atoms with E-state index in [1.807, 2.05) is 6.07 Å². The van der Waals surface area contributed by atoms with E-state index in [0.29, 0.717) is 25.5 Å². The molecule has 5 nitrogen and oxygen atoms in total. The van der Waals surface area contributed by atoms with Crippen molar-refractivity contribution in [1.29, 1.82) is 0 Å². The minimum absolute atomic E-state index is 0.0260. The molecule has 1 amide bonds. The number of rotatable bonds is 2. The lowest BCUT2D eigenvalue weighted by atomic mass is 10.2. The molecule has 0 aliphatic carbocycles. The molecule has 1 fully saturated rings. The highest BCUT2D eigenvalue weighted by atomic mass is 16.5. The Hall–Kier alpha value is -1.62. The first-order valence-electron chi connectivity index (χ1n) is 4.81. The number of amides is 1. The molecule has 1 aliphatic heterocycles. The minimum atomic E-state index is 0.0260. The predicted molar refractivity (Wildman–Crippen MR) is 54.9 cm³/mol. The molecule has 80 valence electrons. The number of carbonyl (C=O) groups is 1. The number of aromatic nitrogens is 1. The fraction of sp³-hybridized carbons (Fsp3) is 0.400. The van der Waals surface area contributed by atoms with E-state index in [4.69, 9.17) is 10.5 Å². The van der Waals surface area contributed by atoms with Gasteiger partial charge in [-0.25, -0.2) is 4.98 Å². The van der Waals surface area contributed by atoms with Crippen LogP contribution in [0, 0.1) is 0 Å². The van der Waals surface area contributed by atoms with Gasteiger partial charge in [0.1, 0.15) is 12.4 Å². The molecular formula is C10H13N3O2. The van der Waals surface area contributed by atoms with Gasteiger partial charge in [0.25, 0.3) is 0 Å². The van der Waals surface area contributed by atoms with E-state index >= 15 is 0 Å². The van der Waals surface area contributed by atoms with E-state index < -0.39 is 0 Å². The molecule has 0 bridgehead atoms. The highest BCUT2D eigenvalue weighted by molar-refractivity contribution is 5.77. The van der Waals surface area contributed by atoms with Crippen LogP contribution in [0.5, 0.6) is 0 Å². The molecule has 1 aromatic rings. The average molecular weight is 207 g/mol. The smallest absolute Gasteiger partial charge is 0.248 e. The number of hydrogen-bond donors (Lipinski definition) is 1. The summed E-state index contributed by atoms with van der Waals surface area (Å²) in [5, 5.41) is 0. The van der Waals surface area contributed by atoms with Gasteiger partial charge in [0.15, 0.2) is 0 Å². The zero-order valence-electron chi connectivity index (χ0n) is 8.35. The van der Waals surface area contributed by atoms with Gasteiger partial charge < -0.3 is 15.4 Å². The maximum atomic E-state index is 11.4. The van der Waals surface area contributed by atoms with Crippen molar-refractivity contribution in [2.75, 3.05) is 25.5 Å². The molecule has 0 saturated carbocycles. The van der Waals surface area contributed by atoms with E-state index in [1.54, 1.807) is 17.2 Å². The number of pyridine rings is 1. The molecule has 0 unspecified atom stereocenters. The monoisotopic (exact) mass is 207 g/mol. The Bertz CT molecular complexity index is 350. The van der Waals surface area contributed by atoms with Gasteiger partial charge in [0.05, 0.1) is 6.61 Å². The fourth-order valence-electron chi connectivity index (χ4n) is 1.47. The second kappa shape index (κ2) is 4.27. The van der Waals surface area contributed by atoms with Crippen LogP contribution in [0.1, 0.15) is 5.56 Å². The average Bonchev–Trinajstić information content (AvgIpc) is 2.25. The van der Waals surface area contributed by atoms with Crippen molar-refractivity contribution in [3.63, 3.8) is 0 Å². The SMILES string of the molecule is Nc1ccc(CN2CCOCC2=O)cn1. The first kappa shape index (κ1) is 9.92. The van der Waals surface area contributed by atoms with Crippen molar-refractivity contribution in [3.05, 3.63) is 23.9 Å². The van der Waals surface area contributed by atoms with Crippen molar-refractivity contribution < 1.29 is 9.53 Å². The van der Waals surface area contributed by atoms with E-state index in [2.05, 4.69) is 4.98 Å². The third-order valence-corrected chi connectivity index (χ3v) is 2.30. The van der Waals surface area contributed by atoms with Crippen molar-refractivity contribution >= 4 is 11.7 Å². The molecule has 1 aliphatic rings. The molecular weight excluding hydrogens is 194 g/mol. The molecule has 5 heteroatoms. The van der Waals surface area contributed by atoms with Crippen molar-refractivity contribution in [3.8, 4) is 0 Å². The largest absolute Gasteiger partial charge is 0.384 e. The maximum Gasteiger partial charge on any atom is 0.248 e. The van der Waals surface area contributed by atoms with Crippen LogP contribution in [-0.4, -0.2) is 35.5 Å². The van der Waals surface area contributed by atoms with E-state index in [0.717, 1.165) is 5.56 Å². The lowest BCUT2D eigenvalue weighted by Gasteiger charge is -2.26. The second-order valence-corrected chi connectivity index (χ2v) is 3.46. The van der Waals surface area contributed by atoms with Gasteiger partial charge in [-0.3, -0.25) is 4.79 Å². The summed E-state index contributed by atoms with van der Waals surface area (Å²) in [6.45, 7) is 2.01. The summed E-state index contributed by atoms with van der Waals surface area (Å²) in [4.78, 5) is 17.2. The van der Waals surface area contributed by atoms with E-state index in [9.17, 15) is 4.79 Å². The summed E-state index contributed by atoms with van der Waals surface area (Å²) in [6, 6.07) is 3.62. The summed E-state index contributed by atoms with van der Waals surface area (Å²) in [5.74, 6) is 0.519. The number of anilines is 1. The Labute approximate surface area is 87.8 Å². The third kappa shape index (κ3) is 2.44. The fourth-order valence-corrected chi connectivity index (χ4v) is 1.47. The normalized spacial score (nSPS) is 16.8. The summed E-state index contributed by atoms with van der Waals surface area (Å²) in [5.41, 5.74) is 6.46. The van der Waals surface area contributed by atoms with Gasteiger partial charge in [0, 0.05) is 19.3 Å². The lowest BCUT2D eigenvalue weighted by Crippen LogP contribution is -2.40. The Kier molecular flexibility index (Phi) is 2.82. The van der Waals surface area contributed by atoms with Gasteiger partial charge in [0.2, 0.25) is 5.91 Å². The predicted octanol–water partition coefficient (Wildman–Crippen LogP) is 0.0226. The van der Waals surface area contributed by atoms with Crippen molar-refractivity contribution in [2.45, 2.75) is 6.54 Å². The zero-order chi connectivity index (χ0) is 10.7. The molecule has 2 N–H and O–H groups in total. The topological polar surface area (TPSA) is 68.4 Å². The second-order valence-electron chi connectivity index (χ2n) is 3.46. The highest BCUT2D eigenvalue weighted by Gasteiger charge is 2.18. The first-order chi connectivity index (χ1) is 7.25. The highest BCUT2D eigenvalue weighted by Crippen LogP contribution is 2.08. The quantitative estimate of drug-likeness (QED) is 0.742. The Morgan fingerprint density at radius 1 is 1.53 bits per heavy atom. The summed E-state index contributed by atoms with van der Waals surface area (Å²) >= 11 is 0. The van der Waals surface area contributed by atoms with E-state index in [1.165, 1.54) is 0 Å². The first-order valence-corrected chi connectivity index (χ1v) is 4.81. The zero-order valence-corrected chi connectivity index (χ0v) is 8.35. The number of ether oxygens (including phenoxy) is 1. The lowest BCUT2D eigenvalue weighted by molar-refractivity contribution is -0.143. The summed E-state index contributed by atoms with van der Waals surface area (Å²) < 4.78 is 5.04. The molecule has 1 saturated heterocycles. The molecule has 0 radical (unpaired) electrons. The Morgan fingerprint density at radius 2 is 2.40 bits per heavy atom. The number of nitrogens with two attached hydrogens (primary N) is 1. The van der Waals surface area contributed by atoms with Crippen LogP contribution in [0.4, 0.5) is 5.82 Å². The maximum absolute atomic E-state index is 11.4. The number of hydrogen-bond acceptors (Lipinski definition) is 4. The molecule has 1 aromatic heterocycles. The van der Waals surface area contributed by atoms with Crippen LogP contribution >= 0.6 is 0 Å². The van der Waals surface area contributed by atoms with Crippen LogP contribution in [0.25, 0.3) is 0 Å². The number of nitrogens with zero attached hydrogens (tertiary/aromatic N) is 2. The van der Waals surface area contributed by atoms with E-state index in [-0.39, 0.29) is 12.5 Å². The standard InChI is InChI=1S/C10H13N3O2/c11-9-2-1-8(5-12-9)6-13-3-4-15-7-10(13)14/h1-2,5H,3-4,6-7H2,(H2,11,12). The molecule has 0 atom stereocenters. The van der Waals surface area contributed by atoms with Gasteiger partial charge in [-0.05, 0) is 11.6 Å². The Balaban J connectivity index is 2.01. The number of morpholine rings is 1. The molecule has 2 heterocycles. The Morgan fingerprint density at radius 3 is 3.07 bits per heavy atom. The van der Waals surface area contributed by atoms with Gasteiger partial charge in [-0.2, -0.15) is 0 Å². The van der Waals surface area contributed by atoms with Crippen molar-refractivity contribution in [1.82, 2.24) is 9.88 Å². The van der Waals surface area contributed by atoms with Crippen LogP contribution in [-0.2, 0) is 16.1 Å². The molecule has 2 rings (SSSR count). The van der Waals surface area contributed by atoms with Crippen LogP contribution < -0.4 is 5.73 Å². The third-order valence-electron chi connectivity index (χ3n) is 2.30. The van der Waals surface area contributed by atoms with Crippen LogP contribution in [0.15, 0.2) is 18.3 Å². The summed E-state index contributed by atoms with van der Waals surface area (Å²) in [7, 11) is 0. The number of carbonyl (C=O) groups excluding carboxylic acids is 1. The molecule has 0 aromatic carbocycles. The molecule has 0 spiro atoms. The molecule has 15 heavy (non-hydrogen) atoms. The minimum Gasteiger partial charge on any atom is -0.384 e. The van der Waals surface area contributed by atoms with Crippen molar-refractivity contribution in [2.24, 2.45) is 0 Å². The van der Waals surface area contributed by atoms with Gasteiger partial charge in [-0.1, -0.05) is 6.07 Å².